The highest BCUT2D eigenvalue weighted by atomic mass is 15.2. The van der Waals surface area contributed by atoms with E-state index in [4.69, 9.17) is 0 Å². The van der Waals surface area contributed by atoms with Crippen molar-refractivity contribution < 1.29 is 0 Å². The first-order chi connectivity index (χ1) is 9.35. The minimum Gasteiger partial charge on any atom is -0.317 e. The van der Waals surface area contributed by atoms with Crippen molar-refractivity contribution in [2.24, 2.45) is 17.8 Å². The summed E-state index contributed by atoms with van der Waals surface area (Å²) < 4.78 is 0. The molecule has 3 fully saturated rings. The average molecular weight is 264 g/mol. The van der Waals surface area contributed by atoms with E-state index in [0.29, 0.717) is 0 Å². The topological polar surface area (TPSA) is 15.3 Å². The van der Waals surface area contributed by atoms with Gasteiger partial charge in [-0.3, -0.25) is 0 Å². The highest BCUT2D eigenvalue weighted by molar-refractivity contribution is 4.95. The molecule has 19 heavy (non-hydrogen) atoms. The fraction of sp³-hybridized carbons (Fsp3) is 0.882. The molecule has 0 aromatic carbocycles. The van der Waals surface area contributed by atoms with Gasteiger partial charge >= 0.3 is 0 Å². The van der Waals surface area contributed by atoms with Gasteiger partial charge in [0.2, 0.25) is 0 Å². The van der Waals surface area contributed by atoms with Crippen LogP contribution in [0.4, 0.5) is 0 Å². The first-order valence-electron chi connectivity index (χ1n) is 8.24. The van der Waals surface area contributed by atoms with Crippen LogP contribution in [0, 0.1) is 17.8 Å². The molecule has 3 rings (SSSR count). The average Bonchev–Trinajstić information content (AvgIpc) is 3.00. The molecule has 1 heterocycles. The highest BCUT2D eigenvalue weighted by Gasteiger charge is 2.40. The second-order valence-electron chi connectivity index (χ2n) is 6.70. The summed E-state index contributed by atoms with van der Waals surface area (Å²) in [4.78, 5) is 2.79. The number of likely N-dealkylation sites (tertiary alicyclic amines) is 1. The van der Waals surface area contributed by atoms with Crippen molar-refractivity contribution in [3.63, 3.8) is 0 Å². The van der Waals surface area contributed by atoms with Gasteiger partial charge in [-0.25, -0.2) is 0 Å². The Hall–Kier alpha value is -0.340. The zero-order valence-electron chi connectivity index (χ0n) is 12.7. The van der Waals surface area contributed by atoms with Crippen molar-refractivity contribution >= 4 is 0 Å². The minimum absolute atomic E-state index is 0.821. The number of hydrogen-bond acceptors (Lipinski definition) is 2. The fourth-order valence-electron chi connectivity index (χ4n) is 4.52. The van der Waals surface area contributed by atoms with Gasteiger partial charge in [0.25, 0.3) is 0 Å². The molecule has 0 spiro atoms. The van der Waals surface area contributed by atoms with Gasteiger partial charge in [-0.2, -0.15) is 0 Å². The minimum atomic E-state index is 0.821. The van der Waals surface area contributed by atoms with E-state index in [2.05, 4.69) is 30.4 Å². The molecule has 110 valence electrons. The molecule has 1 aliphatic heterocycles. The summed E-state index contributed by atoms with van der Waals surface area (Å²) in [6.45, 7) is 10.2. The highest BCUT2D eigenvalue weighted by Crippen LogP contribution is 2.38. The van der Waals surface area contributed by atoms with Crippen LogP contribution >= 0.6 is 0 Å². The number of hydrogen-bond donors (Lipinski definition) is 1. The second kappa shape index (κ2) is 7.44. The lowest BCUT2D eigenvalue weighted by Gasteiger charge is -2.27. The van der Waals surface area contributed by atoms with Gasteiger partial charge in [0.05, 0.1) is 0 Å². The van der Waals surface area contributed by atoms with Gasteiger partial charge in [0.15, 0.2) is 0 Å². The van der Waals surface area contributed by atoms with Crippen LogP contribution in [0.5, 0.6) is 0 Å². The zero-order chi connectivity index (χ0) is 13.7. The number of rotatable bonds is 3. The summed E-state index contributed by atoms with van der Waals surface area (Å²) in [5, 5.41) is 3.47. The molecule has 2 saturated carbocycles. The lowest BCUT2D eigenvalue weighted by Crippen LogP contribution is -2.31. The van der Waals surface area contributed by atoms with Gasteiger partial charge in [0.1, 0.15) is 0 Å². The molecule has 2 heteroatoms. The molecule has 2 nitrogen and oxygen atoms in total. The maximum absolute atomic E-state index is 3.47. The van der Waals surface area contributed by atoms with Gasteiger partial charge in [0, 0.05) is 25.7 Å². The quantitative estimate of drug-likeness (QED) is 0.787. The summed E-state index contributed by atoms with van der Waals surface area (Å²) in [7, 11) is 2.13. The molecule has 2 aliphatic carbocycles. The summed E-state index contributed by atoms with van der Waals surface area (Å²) in [6.07, 6.45) is 10.4. The predicted octanol–water partition coefficient (Wildman–Crippen LogP) is 3.30. The van der Waals surface area contributed by atoms with Crippen molar-refractivity contribution in [1.29, 1.82) is 0 Å². The summed E-state index contributed by atoms with van der Waals surface area (Å²) in [5.74, 6) is 3.05. The van der Waals surface area contributed by atoms with Gasteiger partial charge in [-0.15, -0.1) is 13.2 Å². The molecule has 0 amide bonds. The van der Waals surface area contributed by atoms with Crippen LogP contribution in [0.3, 0.4) is 0 Å². The summed E-state index contributed by atoms with van der Waals surface area (Å²) in [6, 6.07) is 0.821. The number of fused-ring (bicyclic) bond motifs is 1. The van der Waals surface area contributed by atoms with Crippen LogP contribution in [0.15, 0.2) is 13.2 Å². The predicted molar refractivity (Wildman–Crippen MR) is 83.3 cm³/mol. The van der Waals surface area contributed by atoms with Gasteiger partial charge in [-0.05, 0) is 50.5 Å². The smallest absolute Gasteiger partial charge is 0.00705 e. The summed E-state index contributed by atoms with van der Waals surface area (Å²) >= 11 is 0. The van der Waals surface area contributed by atoms with Crippen LogP contribution in [0.25, 0.3) is 0 Å². The third-order valence-corrected chi connectivity index (χ3v) is 5.48. The van der Waals surface area contributed by atoms with Crippen LogP contribution in [0.2, 0.25) is 0 Å². The Morgan fingerprint density at radius 1 is 1.00 bits per heavy atom. The molecular formula is C17H32N2. The van der Waals surface area contributed by atoms with Crippen molar-refractivity contribution in [2.45, 2.75) is 51.0 Å². The van der Waals surface area contributed by atoms with Crippen LogP contribution in [-0.4, -0.2) is 37.6 Å². The largest absolute Gasteiger partial charge is 0.317 e. The molecule has 0 aromatic heterocycles. The van der Waals surface area contributed by atoms with Gasteiger partial charge < -0.3 is 10.2 Å². The van der Waals surface area contributed by atoms with E-state index in [9.17, 15) is 0 Å². The van der Waals surface area contributed by atoms with E-state index in [0.717, 1.165) is 23.8 Å². The van der Waals surface area contributed by atoms with E-state index in [-0.39, 0.29) is 0 Å². The molecule has 1 unspecified atom stereocenters. The SMILES string of the molecule is C=C.CNC1C[C@@H]2CN(CC3CCCCC3)C[C@@H]2C1. The third kappa shape index (κ3) is 3.82. The number of nitrogens with one attached hydrogen (secondary N) is 1. The Bertz CT molecular complexity index is 246. The van der Waals surface area contributed by atoms with E-state index in [1.165, 1.54) is 64.6 Å². The Morgan fingerprint density at radius 2 is 1.58 bits per heavy atom. The van der Waals surface area contributed by atoms with Crippen LogP contribution in [0.1, 0.15) is 44.9 Å². The van der Waals surface area contributed by atoms with E-state index in [1.807, 2.05) is 0 Å². The van der Waals surface area contributed by atoms with Crippen molar-refractivity contribution in [3.8, 4) is 0 Å². The van der Waals surface area contributed by atoms with E-state index >= 15 is 0 Å². The Kier molecular flexibility index (Phi) is 5.90. The molecule has 0 bridgehead atoms. The lowest BCUT2D eigenvalue weighted by molar-refractivity contribution is 0.219. The maximum atomic E-state index is 3.47. The monoisotopic (exact) mass is 264 g/mol. The zero-order valence-corrected chi connectivity index (χ0v) is 12.7. The second-order valence-corrected chi connectivity index (χ2v) is 6.70. The summed E-state index contributed by atoms with van der Waals surface area (Å²) in [5.41, 5.74) is 0. The molecule has 0 aromatic rings. The van der Waals surface area contributed by atoms with Crippen molar-refractivity contribution in [1.82, 2.24) is 10.2 Å². The van der Waals surface area contributed by atoms with E-state index < -0.39 is 0 Å². The number of nitrogens with zero attached hydrogens (tertiary/aromatic N) is 1. The molecule has 3 atom stereocenters. The fourth-order valence-corrected chi connectivity index (χ4v) is 4.52. The molecule has 1 N–H and O–H groups in total. The first kappa shape index (κ1) is 15.1. The van der Waals surface area contributed by atoms with Crippen molar-refractivity contribution in [3.05, 3.63) is 13.2 Å². The maximum Gasteiger partial charge on any atom is 0.00705 e. The molecular weight excluding hydrogens is 232 g/mol. The normalized spacial score (nSPS) is 35.7. The van der Waals surface area contributed by atoms with E-state index in [1.54, 1.807) is 0 Å². The van der Waals surface area contributed by atoms with Crippen LogP contribution < -0.4 is 5.32 Å². The standard InChI is InChI=1S/C15H28N2.C2H4/c1-16-15-7-13-10-17(11-14(13)8-15)9-12-5-3-2-4-6-12;1-2/h12-16H,2-11H2,1H3;1-2H2/t13-,14+,15?;. The Morgan fingerprint density at radius 3 is 2.11 bits per heavy atom. The van der Waals surface area contributed by atoms with Crippen molar-refractivity contribution in [2.75, 3.05) is 26.7 Å². The Balaban J connectivity index is 0.000000637. The van der Waals surface area contributed by atoms with Crippen LogP contribution in [-0.2, 0) is 0 Å². The van der Waals surface area contributed by atoms with Gasteiger partial charge in [-0.1, -0.05) is 19.3 Å². The molecule has 3 aliphatic rings. The molecule has 1 saturated heterocycles. The molecule has 0 radical (unpaired) electrons. The first-order valence-corrected chi connectivity index (χ1v) is 8.24. The Labute approximate surface area is 119 Å². The third-order valence-electron chi connectivity index (χ3n) is 5.48. The lowest BCUT2D eigenvalue weighted by atomic mass is 9.89.